The Bertz CT molecular complexity index is 1150. The number of hydrogen-bond donors (Lipinski definition) is 2. The van der Waals surface area contributed by atoms with Crippen molar-refractivity contribution in [3.05, 3.63) is 46.9 Å². The van der Waals surface area contributed by atoms with Crippen LogP contribution in [0.25, 0.3) is 11.1 Å². The maximum atomic E-state index is 14.0. The number of aromatic amines is 1. The molecule has 0 fully saturated rings. The van der Waals surface area contributed by atoms with Gasteiger partial charge in [-0.1, -0.05) is 0 Å². The van der Waals surface area contributed by atoms with Crippen LogP contribution >= 0.6 is 0 Å². The lowest BCUT2D eigenvalue weighted by Gasteiger charge is -2.33. The maximum Gasteiger partial charge on any atom is 0.407 e. The first-order valence-corrected chi connectivity index (χ1v) is 10.2. The number of alkyl halides is 2. The minimum Gasteiger partial charge on any atom is -0.465 e. The highest BCUT2D eigenvalue weighted by atomic mass is 19.3. The molecule has 0 bridgehead atoms. The van der Waals surface area contributed by atoms with Crippen LogP contribution in [0.5, 0.6) is 0 Å². The fourth-order valence-electron chi connectivity index (χ4n) is 4.53. The van der Waals surface area contributed by atoms with E-state index in [1.54, 1.807) is 30.2 Å². The zero-order valence-corrected chi connectivity index (χ0v) is 17.0. The number of nitrogens with one attached hydrogen (secondary N) is 1. The predicted octanol–water partition coefficient (Wildman–Crippen LogP) is 3.87. The topological polar surface area (TPSA) is 90.3 Å². The number of fused-ring (bicyclic) bond motifs is 2. The van der Waals surface area contributed by atoms with E-state index in [1.807, 2.05) is 11.0 Å². The second-order valence-corrected chi connectivity index (χ2v) is 7.99. The van der Waals surface area contributed by atoms with Crippen LogP contribution in [0.3, 0.4) is 0 Å². The fourth-order valence-corrected chi connectivity index (χ4v) is 4.53. The Kier molecular flexibility index (Phi) is 4.64. The third-order valence-electron chi connectivity index (χ3n) is 6.06. The number of halogens is 2. The van der Waals surface area contributed by atoms with Gasteiger partial charge < -0.3 is 14.9 Å². The number of aryl methyl sites for hydroxylation is 2. The molecule has 162 valence electrons. The standard InChI is InChI=1S/C21H22F2N6O2/c1-27-10-13(9-24-27)14-7-12-3-2-5-29(18(12)8-15(14)19(22)23)20-16-11-28(21(30)31)6-4-17(16)25-26-20/h7-10,19H,2-6,11H2,1H3,(H,25,26)(H,30,31). The number of carbonyl (C=O) groups is 1. The zero-order valence-electron chi connectivity index (χ0n) is 17.0. The molecule has 2 N–H and O–H groups in total. The van der Waals surface area contributed by atoms with Gasteiger partial charge >= 0.3 is 6.09 Å². The van der Waals surface area contributed by atoms with E-state index in [-0.39, 0.29) is 12.1 Å². The highest BCUT2D eigenvalue weighted by molar-refractivity contribution is 5.77. The molecule has 1 amide bonds. The number of rotatable bonds is 3. The second kappa shape index (κ2) is 7.36. The number of anilines is 2. The van der Waals surface area contributed by atoms with Gasteiger partial charge in [0.15, 0.2) is 5.82 Å². The van der Waals surface area contributed by atoms with Crippen LogP contribution < -0.4 is 4.90 Å². The molecule has 10 heteroatoms. The molecule has 0 spiro atoms. The van der Waals surface area contributed by atoms with Crippen molar-refractivity contribution in [1.82, 2.24) is 24.9 Å². The molecule has 2 aliphatic rings. The van der Waals surface area contributed by atoms with Gasteiger partial charge in [0.05, 0.1) is 12.7 Å². The molecule has 0 atom stereocenters. The molecule has 0 saturated carbocycles. The van der Waals surface area contributed by atoms with Gasteiger partial charge in [-0.2, -0.15) is 10.2 Å². The van der Waals surface area contributed by atoms with Gasteiger partial charge in [-0.3, -0.25) is 9.78 Å². The van der Waals surface area contributed by atoms with E-state index < -0.39 is 12.5 Å². The van der Waals surface area contributed by atoms with Gasteiger partial charge in [0.2, 0.25) is 0 Å². The number of nitrogens with zero attached hydrogens (tertiary/aromatic N) is 5. The molecule has 0 aliphatic carbocycles. The van der Waals surface area contributed by atoms with E-state index in [2.05, 4.69) is 15.3 Å². The van der Waals surface area contributed by atoms with Gasteiger partial charge in [0.1, 0.15) is 0 Å². The van der Waals surface area contributed by atoms with Gasteiger partial charge in [0, 0.05) is 60.8 Å². The molecule has 2 aromatic heterocycles. The largest absolute Gasteiger partial charge is 0.465 e. The molecule has 8 nitrogen and oxygen atoms in total. The lowest BCUT2D eigenvalue weighted by molar-refractivity contribution is 0.140. The number of carboxylic acid groups (broad SMARTS) is 1. The number of hydrogen-bond acceptors (Lipinski definition) is 4. The average molecular weight is 428 g/mol. The van der Waals surface area contributed by atoms with E-state index in [0.717, 1.165) is 29.7 Å². The van der Waals surface area contributed by atoms with E-state index in [0.29, 0.717) is 42.1 Å². The molecular formula is C21H22F2N6O2. The summed E-state index contributed by atoms with van der Waals surface area (Å²) in [5, 5.41) is 21.0. The summed E-state index contributed by atoms with van der Waals surface area (Å²) < 4.78 is 29.7. The van der Waals surface area contributed by atoms with Crippen molar-refractivity contribution in [1.29, 1.82) is 0 Å². The monoisotopic (exact) mass is 428 g/mol. The summed E-state index contributed by atoms with van der Waals surface area (Å²) >= 11 is 0. The molecule has 3 aromatic rings. The normalized spacial score (nSPS) is 15.9. The van der Waals surface area contributed by atoms with Crippen molar-refractivity contribution >= 4 is 17.6 Å². The van der Waals surface area contributed by atoms with E-state index in [9.17, 15) is 18.7 Å². The van der Waals surface area contributed by atoms with Crippen LogP contribution in [-0.4, -0.2) is 49.2 Å². The van der Waals surface area contributed by atoms with E-state index >= 15 is 0 Å². The Balaban J connectivity index is 1.60. The van der Waals surface area contributed by atoms with Gasteiger partial charge in [-0.15, -0.1) is 0 Å². The number of H-pyrrole nitrogens is 1. The molecule has 0 unspecified atom stereocenters. The summed E-state index contributed by atoms with van der Waals surface area (Å²) in [6, 6.07) is 3.39. The maximum absolute atomic E-state index is 14.0. The van der Waals surface area contributed by atoms with Crippen molar-refractivity contribution < 1.29 is 18.7 Å². The first-order chi connectivity index (χ1) is 14.9. The predicted molar refractivity (Wildman–Crippen MR) is 110 cm³/mol. The van der Waals surface area contributed by atoms with Crippen LogP contribution in [0.1, 0.15) is 35.2 Å². The van der Waals surface area contributed by atoms with Crippen molar-refractivity contribution in [3.8, 4) is 11.1 Å². The van der Waals surface area contributed by atoms with Crippen molar-refractivity contribution in [2.45, 2.75) is 32.2 Å². The Morgan fingerprint density at radius 2 is 2.10 bits per heavy atom. The van der Waals surface area contributed by atoms with Crippen LogP contribution in [0.2, 0.25) is 0 Å². The smallest absolute Gasteiger partial charge is 0.407 e. The molecule has 5 rings (SSSR count). The molecule has 2 aliphatic heterocycles. The SMILES string of the molecule is Cn1cc(-c2cc3c(cc2C(F)F)N(c2n[nH]c4c2CN(C(=O)O)CC4)CCC3)cn1. The molecule has 0 saturated heterocycles. The third kappa shape index (κ3) is 3.31. The number of benzene rings is 1. The Morgan fingerprint density at radius 1 is 1.26 bits per heavy atom. The Labute approximate surface area is 177 Å². The summed E-state index contributed by atoms with van der Waals surface area (Å²) in [5.41, 5.74) is 4.50. The van der Waals surface area contributed by atoms with Crippen molar-refractivity contribution in [2.75, 3.05) is 18.0 Å². The number of aromatic nitrogens is 4. The fraction of sp³-hybridized carbons (Fsp3) is 0.381. The van der Waals surface area contributed by atoms with Gasteiger partial charge in [-0.05, 0) is 36.1 Å². The summed E-state index contributed by atoms with van der Waals surface area (Å²) in [7, 11) is 1.76. The lowest BCUT2D eigenvalue weighted by atomic mass is 9.93. The molecular weight excluding hydrogens is 406 g/mol. The summed E-state index contributed by atoms with van der Waals surface area (Å²) in [5.74, 6) is 0.622. The quantitative estimate of drug-likeness (QED) is 0.661. The van der Waals surface area contributed by atoms with E-state index in [1.165, 1.54) is 4.90 Å². The van der Waals surface area contributed by atoms with Crippen LogP contribution in [0, 0.1) is 0 Å². The lowest BCUT2D eigenvalue weighted by Crippen LogP contribution is -2.35. The van der Waals surface area contributed by atoms with Crippen LogP contribution in [0.15, 0.2) is 24.5 Å². The Hall–Kier alpha value is -3.43. The highest BCUT2D eigenvalue weighted by Crippen LogP contribution is 2.42. The first-order valence-electron chi connectivity index (χ1n) is 10.2. The first kappa shape index (κ1) is 19.5. The average Bonchev–Trinajstić information content (AvgIpc) is 3.38. The summed E-state index contributed by atoms with van der Waals surface area (Å²) in [6.45, 7) is 1.27. The molecule has 0 radical (unpaired) electrons. The Morgan fingerprint density at radius 3 is 2.81 bits per heavy atom. The van der Waals surface area contributed by atoms with Gasteiger partial charge in [-0.25, -0.2) is 13.6 Å². The van der Waals surface area contributed by atoms with Crippen molar-refractivity contribution in [3.63, 3.8) is 0 Å². The zero-order chi connectivity index (χ0) is 21.7. The number of amides is 1. The van der Waals surface area contributed by atoms with Crippen LogP contribution in [0.4, 0.5) is 25.1 Å². The van der Waals surface area contributed by atoms with E-state index in [4.69, 9.17) is 0 Å². The highest BCUT2D eigenvalue weighted by Gasteiger charge is 2.31. The minimum absolute atomic E-state index is 0.0461. The summed E-state index contributed by atoms with van der Waals surface area (Å²) in [6.07, 6.45) is 1.89. The van der Waals surface area contributed by atoms with Crippen molar-refractivity contribution in [2.24, 2.45) is 7.05 Å². The van der Waals surface area contributed by atoms with Gasteiger partial charge in [0.25, 0.3) is 6.43 Å². The van der Waals surface area contributed by atoms with Crippen LogP contribution in [-0.2, 0) is 26.4 Å². The molecule has 31 heavy (non-hydrogen) atoms. The molecule has 4 heterocycles. The molecule has 1 aromatic carbocycles. The second-order valence-electron chi connectivity index (χ2n) is 7.99. The third-order valence-corrected chi connectivity index (χ3v) is 6.06. The summed E-state index contributed by atoms with van der Waals surface area (Å²) in [4.78, 5) is 14.7. The minimum atomic E-state index is -2.64.